The Morgan fingerprint density at radius 2 is 1.89 bits per heavy atom. The summed E-state index contributed by atoms with van der Waals surface area (Å²) in [6, 6.07) is 11.8. The summed E-state index contributed by atoms with van der Waals surface area (Å²) >= 11 is 0. The number of fused-ring (bicyclic) bond motifs is 1. The van der Waals surface area contributed by atoms with E-state index in [-0.39, 0.29) is 0 Å². The Bertz CT molecular complexity index is 943. The third-order valence-corrected chi connectivity index (χ3v) is 5.61. The normalized spacial score (nSPS) is 12.1. The summed E-state index contributed by atoms with van der Waals surface area (Å²) in [5.41, 5.74) is 2.80. The van der Waals surface area contributed by atoms with Crippen molar-refractivity contribution in [3.05, 3.63) is 65.7 Å². The fraction of sp³-hybridized carbons (Fsp3) is 0.250. The van der Waals surface area contributed by atoms with Gasteiger partial charge in [0.05, 0.1) is 24.9 Å². The van der Waals surface area contributed by atoms with Gasteiger partial charge in [-0.25, -0.2) is 4.98 Å². The number of hydrogen-bond acceptors (Lipinski definition) is 5. The topological polar surface area (TPSA) is 73.4 Å². The third kappa shape index (κ3) is 5.07. The number of nitrogens with zero attached hydrogens (tertiary/aromatic N) is 1. The molecule has 0 amide bonds. The number of rotatable bonds is 9. The summed E-state index contributed by atoms with van der Waals surface area (Å²) in [4.78, 5) is 7.47. The van der Waals surface area contributed by atoms with Gasteiger partial charge in [0, 0.05) is 29.0 Å². The number of ether oxygens (including phenoxy) is 1. The van der Waals surface area contributed by atoms with Gasteiger partial charge in [-0.05, 0) is 25.5 Å². The minimum atomic E-state index is -3.24. The standard InChI is InChI=1S/C20H23N2O4P/c1-3-25-27(23,26-4-2)11-10-17-13-21-19-14-22-20(12-18(17)19)24-15-16-8-6-5-7-9-16/h5-14,21H,3-4,15H2,1-2H3/b11-10+. The highest BCUT2D eigenvalue weighted by Gasteiger charge is 2.19. The molecule has 0 saturated carbocycles. The average Bonchev–Trinajstić information content (AvgIpc) is 3.08. The van der Waals surface area contributed by atoms with Crippen LogP contribution < -0.4 is 4.74 Å². The number of aromatic amines is 1. The first kappa shape index (κ1) is 19.4. The van der Waals surface area contributed by atoms with Crippen LogP contribution in [0.1, 0.15) is 25.0 Å². The van der Waals surface area contributed by atoms with E-state index >= 15 is 0 Å². The molecule has 0 spiro atoms. The Kier molecular flexibility index (Phi) is 6.45. The predicted molar refractivity (Wildman–Crippen MR) is 107 cm³/mol. The first-order valence-corrected chi connectivity index (χ1v) is 10.5. The lowest BCUT2D eigenvalue weighted by Crippen LogP contribution is -1.96. The maximum absolute atomic E-state index is 12.6. The molecule has 1 N–H and O–H groups in total. The molecular formula is C20H23N2O4P. The number of H-pyrrole nitrogens is 1. The second-order valence-electron chi connectivity index (χ2n) is 5.78. The Hall–Kier alpha value is -2.40. The third-order valence-electron chi connectivity index (χ3n) is 3.86. The van der Waals surface area contributed by atoms with Gasteiger partial charge >= 0.3 is 7.60 Å². The molecule has 7 heteroatoms. The van der Waals surface area contributed by atoms with E-state index in [9.17, 15) is 4.57 Å². The van der Waals surface area contributed by atoms with E-state index in [1.807, 2.05) is 42.6 Å². The maximum atomic E-state index is 12.6. The van der Waals surface area contributed by atoms with Crippen molar-refractivity contribution in [2.45, 2.75) is 20.5 Å². The molecule has 6 nitrogen and oxygen atoms in total. The molecule has 0 aliphatic carbocycles. The Labute approximate surface area is 158 Å². The fourth-order valence-corrected chi connectivity index (χ4v) is 3.94. The molecule has 0 unspecified atom stereocenters. The number of pyridine rings is 1. The largest absolute Gasteiger partial charge is 0.473 e. The van der Waals surface area contributed by atoms with Gasteiger partial charge in [0.2, 0.25) is 5.88 Å². The Balaban J connectivity index is 1.80. The SMILES string of the molecule is CCOP(=O)(/C=C/c1c[nH]c2cnc(OCc3ccccc3)cc12)OCC. The molecule has 0 fully saturated rings. The van der Waals surface area contributed by atoms with Gasteiger partial charge < -0.3 is 18.8 Å². The van der Waals surface area contributed by atoms with Gasteiger partial charge in [-0.2, -0.15) is 0 Å². The molecule has 0 bridgehead atoms. The Morgan fingerprint density at radius 1 is 1.15 bits per heavy atom. The summed E-state index contributed by atoms with van der Waals surface area (Å²) in [7, 11) is -3.24. The van der Waals surface area contributed by atoms with E-state index in [0.29, 0.717) is 25.7 Å². The fourth-order valence-electron chi connectivity index (χ4n) is 2.63. The van der Waals surface area contributed by atoms with Crippen LogP contribution in [0.3, 0.4) is 0 Å². The molecule has 0 saturated heterocycles. The van der Waals surface area contributed by atoms with Crippen molar-refractivity contribution in [3.63, 3.8) is 0 Å². The minimum Gasteiger partial charge on any atom is -0.473 e. The number of hydrogen-bond donors (Lipinski definition) is 1. The lowest BCUT2D eigenvalue weighted by molar-refractivity contribution is 0.229. The highest BCUT2D eigenvalue weighted by Crippen LogP contribution is 2.50. The van der Waals surface area contributed by atoms with E-state index in [0.717, 1.165) is 22.0 Å². The summed E-state index contributed by atoms with van der Waals surface area (Å²) in [5.74, 6) is 2.02. The highest BCUT2D eigenvalue weighted by atomic mass is 31.2. The zero-order valence-corrected chi connectivity index (χ0v) is 16.3. The first-order valence-electron chi connectivity index (χ1n) is 8.85. The van der Waals surface area contributed by atoms with Crippen LogP contribution in [-0.4, -0.2) is 23.2 Å². The first-order chi connectivity index (χ1) is 13.1. The maximum Gasteiger partial charge on any atom is 0.354 e. The summed E-state index contributed by atoms with van der Waals surface area (Å²) in [6.45, 7) is 4.65. The van der Waals surface area contributed by atoms with Crippen molar-refractivity contribution >= 4 is 24.6 Å². The van der Waals surface area contributed by atoms with Gasteiger partial charge in [-0.15, -0.1) is 0 Å². The van der Waals surface area contributed by atoms with Crippen LogP contribution in [-0.2, 0) is 20.2 Å². The van der Waals surface area contributed by atoms with E-state index in [4.69, 9.17) is 13.8 Å². The quantitative estimate of drug-likeness (QED) is 0.500. The second kappa shape index (κ2) is 9.00. The van der Waals surface area contributed by atoms with E-state index in [1.165, 1.54) is 5.82 Å². The van der Waals surface area contributed by atoms with Crippen molar-refractivity contribution in [1.29, 1.82) is 0 Å². The van der Waals surface area contributed by atoms with Crippen LogP contribution in [0.5, 0.6) is 5.88 Å². The van der Waals surface area contributed by atoms with Crippen molar-refractivity contribution in [1.82, 2.24) is 9.97 Å². The molecular weight excluding hydrogens is 363 g/mol. The van der Waals surface area contributed by atoms with Gasteiger partial charge in [0.15, 0.2) is 0 Å². The highest BCUT2D eigenvalue weighted by molar-refractivity contribution is 7.57. The van der Waals surface area contributed by atoms with Crippen LogP contribution in [0.15, 0.2) is 54.6 Å². The minimum absolute atomic E-state index is 0.316. The molecule has 142 valence electrons. The van der Waals surface area contributed by atoms with Crippen LogP contribution in [0.2, 0.25) is 0 Å². The molecule has 0 radical (unpaired) electrons. The van der Waals surface area contributed by atoms with Crippen LogP contribution in [0.25, 0.3) is 17.0 Å². The van der Waals surface area contributed by atoms with E-state index in [2.05, 4.69) is 9.97 Å². The smallest absolute Gasteiger partial charge is 0.354 e. The zero-order chi connectivity index (χ0) is 19.1. The number of benzene rings is 1. The molecule has 2 heterocycles. The molecule has 3 aromatic rings. The average molecular weight is 386 g/mol. The van der Waals surface area contributed by atoms with Crippen molar-refractivity contribution in [3.8, 4) is 5.88 Å². The molecule has 1 aromatic carbocycles. The molecule has 0 aliphatic heterocycles. The van der Waals surface area contributed by atoms with Gasteiger partial charge in [-0.1, -0.05) is 30.3 Å². The zero-order valence-electron chi connectivity index (χ0n) is 15.4. The summed E-state index contributed by atoms with van der Waals surface area (Å²) < 4.78 is 29.0. The Morgan fingerprint density at radius 3 is 2.59 bits per heavy atom. The van der Waals surface area contributed by atoms with Crippen molar-refractivity contribution in [2.75, 3.05) is 13.2 Å². The lowest BCUT2D eigenvalue weighted by atomic mass is 10.2. The van der Waals surface area contributed by atoms with Crippen LogP contribution in [0, 0.1) is 0 Å². The van der Waals surface area contributed by atoms with Crippen LogP contribution in [0.4, 0.5) is 0 Å². The van der Waals surface area contributed by atoms with Crippen molar-refractivity contribution in [2.24, 2.45) is 0 Å². The lowest BCUT2D eigenvalue weighted by Gasteiger charge is -2.12. The van der Waals surface area contributed by atoms with E-state index in [1.54, 1.807) is 26.1 Å². The molecule has 3 rings (SSSR count). The second-order valence-corrected chi connectivity index (χ2v) is 7.67. The molecule has 27 heavy (non-hydrogen) atoms. The van der Waals surface area contributed by atoms with Crippen LogP contribution >= 0.6 is 7.60 Å². The van der Waals surface area contributed by atoms with E-state index < -0.39 is 7.60 Å². The summed E-state index contributed by atoms with van der Waals surface area (Å²) in [5, 5.41) is 0.920. The van der Waals surface area contributed by atoms with Gasteiger partial charge in [-0.3, -0.25) is 4.57 Å². The predicted octanol–water partition coefficient (Wildman–Crippen LogP) is 5.38. The molecule has 0 aliphatic rings. The monoisotopic (exact) mass is 386 g/mol. The summed E-state index contributed by atoms with van der Waals surface area (Å²) in [6.07, 6.45) is 5.29. The number of nitrogens with one attached hydrogen (secondary N) is 1. The molecule has 2 aromatic heterocycles. The molecule has 0 atom stereocenters. The van der Waals surface area contributed by atoms with Gasteiger partial charge in [0.1, 0.15) is 6.61 Å². The van der Waals surface area contributed by atoms with Crippen molar-refractivity contribution < 1.29 is 18.3 Å². The van der Waals surface area contributed by atoms with Gasteiger partial charge in [0.25, 0.3) is 0 Å². The number of aromatic nitrogens is 2.